The minimum Gasteiger partial charge on any atom is -0.425 e. The Morgan fingerprint density at radius 3 is 2.33 bits per heavy atom. The molecule has 1 aromatic carbocycles. The van der Waals surface area contributed by atoms with Gasteiger partial charge in [0.05, 0.1) is 0 Å². The van der Waals surface area contributed by atoms with Crippen molar-refractivity contribution in [3.63, 3.8) is 0 Å². The van der Waals surface area contributed by atoms with Crippen LogP contribution >= 0.6 is 0 Å². The highest BCUT2D eigenvalue weighted by molar-refractivity contribution is 5.79. The molecule has 1 aliphatic rings. The summed E-state index contributed by atoms with van der Waals surface area (Å²) in [4.78, 5) is 15.2. The first-order chi connectivity index (χ1) is 11.5. The summed E-state index contributed by atoms with van der Waals surface area (Å²) < 4.78 is 6.03. The fraction of sp³-hybridized carbons (Fsp3) is 0.667. The highest BCUT2D eigenvalue weighted by Gasteiger charge is 2.31. The van der Waals surface area contributed by atoms with Gasteiger partial charge in [0.2, 0.25) is 0 Å². The van der Waals surface area contributed by atoms with Gasteiger partial charge < -0.3 is 4.74 Å². The van der Waals surface area contributed by atoms with Crippen molar-refractivity contribution in [2.45, 2.75) is 78.2 Å². The molecule has 0 bridgehead atoms. The molecule has 2 rings (SSSR count). The largest absolute Gasteiger partial charge is 0.425 e. The molecule has 1 fully saturated rings. The Labute approximate surface area is 147 Å². The number of rotatable bonds is 6. The maximum absolute atomic E-state index is 12.9. The summed E-state index contributed by atoms with van der Waals surface area (Å²) in [6, 6.07) is 6.17. The van der Waals surface area contributed by atoms with E-state index in [1.54, 1.807) is 0 Å². The van der Waals surface area contributed by atoms with Crippen LogP contribution in [0.2, 0.25) is 0 Å². The molecule has 1 unspecified atom stereocenters. The van der Waals surface area contributed by atoms with E-state index < -0.39 is 0 Å². The molecule has 0 radical (unpaired) electrons. The van der Waals surface area contributed by atoms with E-state index in [1.165, 1.54) is 6.42 Å². The van der Waals surface area contributed by atoms with Crippen molar-refractivity contribution < 1.29 is 9.53 Å². The van der Waals surface area contributed by atoms with Gasteiger partial charge in [-0.05, 0) is 55.3 Å². The summed E-state index contributed by atoms with van der Waals surface area (Å²) in [5.41, 5.74) is 2.26. The third kappa shape index (κ3) is 4.38. The number of likely N-dealkylation sites (tertiary alicyclic amines) is 1. The average Bonchev–Trinajstić information content (AvgIpc) is 2.55. The Hall–Kier alpha value is -1.35. The fourth-order valence-electron chi connectivity index (χ4n) is 3.58. The normalized spacial score (nSPS) is 19.0. The third-order valence-corrected chi connectivity index (χ3v) is 4.92. The van der Waals surface area contributed by atoms with Gasteiger partial charge in [-0.3, -0.25) is 4.90 Å². The van der Waals surface area contributed by atoms with E-state index in [-0.39, 0.29) is 12.0 Å². The highest BCUT2D eigenvalue weighted by atomic mass is 16.5. The molecule has 0 N–H and O–H groups in total. The van der Waals surface area contributed by atoms with E-state index in [9.17, 15) is 4.79 Å². The molecule has 1 heterocycles. The summed E-state index contributed by atoms with van der Waals surface area (Å²) in [7, 11) is 0. The zero-order valence-corrected chi connectivity index (χ0v) is 16.0. The average molecular weight is 332 g/mol. The lowest BCUT2D eigenvalue weighted by molar-refractivity contribution is -0.141. The van der Waals surface area contributed by atoms with Gasteiger partial charge in [-0.1, -0.05) is 59.2 Å². The Morgan fingerprint density at radius 1 is 1.17 bits per heavy atom. The van der Waals surface area contributed by atoms with Crippen molar-refractivity contribution >= 4 is 5.97 Å². The van der Waals surface area contributed by atoms with Crippen LogP contribution in [0.15, 0.2) is 18.2 Å². The number of nitrogens with zero attached hydrogens (tertiary/aromatic N) is 1. The number of benzene rings is 1. The lowest BCUT2D eigenvalue weighted by Gasteiger charge is -2.34. The molecule has 134 valence electrons. The van der Waals surface area contributed by atoms with E-state index >= 15 is 0 Å². The molecule has 1 saturated heterocycles. The fourth-order valence-corrected chi connectivity index (χ4v) is 3.58. The topological polar surface area (TPSA) is 29.5 Å². The lowest BCUT2D eigenvalue weighted by Crippen LogP contribution is -2.46. The van der Waals surface area contributed by atoms with Crippen LogP contribution in [0.1, 0.15) is 83.3 Å². The van der Waals surface area contributed by atoms with Crippen molar-refractivity contribution in [2.75, 3.05) is 13.1 Å². The van der Waals surface area contributed by atoms with Gasteiger partial charge in [-0.2, -0.15) is 0 Å². The lowest BCUT2D eigenvalue weighted by atomic mass is 9.94. The van der Waals surface area contributed by atoms with Crippen LogP contribution in [-0.2, 0) is 4.79 Å². The van der Waals surface area contributed by atoms with Crippen molar-refractivity contribution in [3.05, 3.63) is 29.3 Å². The van der Waals surface area contributed by atoms with E-state index in [0.29, 0.717) is 11.8 Å². The summed E-state index contributed by atoms with van der Waals surface area (Å²) >= 11 is 0. The van der Waals surface area contributed by atoms with Crippen LogP contribution in [-0.4, -0.2) is 30.0 Å². The van der Waals surface area contributed by atoms with Crippen molar-refractivity contribution in [3.8, 4) is 5.75 Å². The second-order valence-corrected chi connectivity index (χ2v) is 7.54. The van der Waals surface area contributed by atoms with Crippen LogP contribution in [0, 0.1) is 0 Å². The summed E-state index contributed by atoms with van der Waals surface area (Å²) in [6.07, 6.45) is 4.29. The number of carbonyl (C=O) groups excluding carboxylic acids is 1. The number of carbonyl (C=O) groups is 1. The van der Waals surface area contributed by atoms with Gasteiger partial charge >= 0.3 is 5.97 Å². The SMILES string of the molecule is CCCN1CCCCC1C(=O)Oc1c(C(C)C)cccc1C(C)C. The predicted octanol–water partition coefficient (Wildman–Crippen LogP) is 5.10. The second-order valence-electron chi connectivity index (χ2n) is 7.54. The number of hydrogen-bond donors (Lipinski definition) is 0. The van der Waals surface area contributed by atoms with Crippen LogP contribution in [0.3, 0.4) is 0 Å². The predicted molar refractivity (Wildman–Crippen MR) is 99.8 cm³/mol. The van der Waals surface area contributed by atoms with Crippen molar-refractivity contribution in [1.29, 1.82) is 0 Å². The molecular weight excluding hydrogens is 298 g/mol. The van der Waals surface area contributed by atoms with Crippen LogP contribution in [0.25, 0.3) is 0 Å². The molecule has 3 heteroatoms. The van der Waals surface area contributed by atoms with E-state index in [2.05, 4.69) is 57.7 Å². The van der Waals surface area contributed by atoms with Crippen LogP contribution < -0.4 is 4.74 Å². The Morgan fingerprint density at radius 2 is 1.79 bits per heavy atom. The van der Waals surface area contributed by atoms with Gasteiger partial charge in [-0.15, -0.1) is 0 Å². The quantitative estimate of drug-likeness (QED) is 0.536. The Bertz CT molecular complexity index is 523. The smallest absolute Gasteiger partial charge is 0.328 e. The molecule has 1 atom stereocenters. The molecule has 0 aromatic heterocycles. The summed E-state index contributed by atoms with van der Waals surface area (Å²) in [5, 5.41) is 0. The van der Waals surface area contributed by atoms with Gasteiger partial charge in [0, 0.05) is 0 Å². The maximum Gasteiger partial charge on any atom is 0.328 e. The molecule has 0 spiro atoms. The number of para-hydroxylation sites is 1. The summed E-state index contributed by atoms with van der Waals surface area (Å²) in [6.45, 7) is 12.8. The molecule has 1 aromatic rings. The van der Waals surface area contributed by atoms with Crippen molar-refractivity contribution in [2.24, 2.45) is 0 Å². The highest BCUT2D eigenvalue weighted by Crippen LogP contribution is 2.35. The first kappa shape index (κ1) is 19.0. The first-order valence-corrected chi connectivity index (χ1v) is 9.54. The number of piperidine rings is 1. The van der Waals surface area contributed by atoms with Crippen LogP contribution in [0.4, 0.5) is 0 Å². The van der Waals surface area contributed by atoms with Gasteiger partial charge in [0.25, 0.3) is 0 Å². The zero-order valence-electron chi connectivity index (χ0n) is 16.0. The minimum absolute atomic E-state index is 0.0712. The van der Waals surface area contributed by atoms with E-state index in [0.717, 1.165) is 49.2 Å². The molecule has 0 amide bonds. The standard InChI is InChI=1S/C21H33NO2/c1-6-13-22-14-8-7-12-19(22)21(23)24-20-17(15(2)3)10-9-11-18(20)16(4)5/h9-11,15-16,19H,6-8,12-14H2,1-5H3. The van der Waals surface area contributed by atoms with E-state index in [4.69, 9.17) is 4.74 Å². The van der Waals surface area contributed by atoms with Gasteiger partial charge in [0.1, 0.15) is 11.8 Å². The molecular formula is C21H33NO2. The van der Waals surface area contributed by atoms with Gasteiger partial charge in [0.15, 0.2) is 0 Å². The molecule has 0 aliphatic carbocycles. The Balaban J connectivity index is 2.27. The van der Waals surface area contributed by atoms with Crippen molar-refractivity contribution in [1.82, 2.24) is 4.90 Å². The molecule has 24 heavy (non-hydrogen) atoms. The molecule has 3 nitrogen and oxygen atoms in total. The number of ether oxygens (including phenoxy) is 1. The first-order valence-electron chi connectivity index (χ1n) is 9.54. The Kier molecular flexibility index (Phi) is 6.85. The van der Waals surface area contributed by atoms with Crippen LogP contribution in [0.5, 0.6) is 5.75 Å². The summed E-state index contributed by atoms with van der Waals surface area (Å²) in [5.74, 6) is 1.40. The maximum atomic E-state index is 12.9. The van der Waals surface area contributed by atoms with E-state index in [1.807, 2.05) is 0 Å². The number of hydrogen-bond acceptors (Lipinski definition) is 3. The molecule has 0 saturated carbocycles. The third-order valence-electron chi connectivity index (χ3n) is 4.92. The minimum atomic E-state index is -0.0843. The number of esters is 1. The van der Waals surface area contributed by atoms with Gasteiger partial charge in [-0.25, -0.2) is 4.79 Å². The monoisotopic (exact) mass is 331 g/mol. The zero-order chi connectivity index (χ0) is 17.7. The molecule has 1 aliphatic heterocycles. The second kappa shape index (κ2) is 8.66.